The third-order valence-corrected chi connectivity index (χ3v) is 18.2. The third kappa shape index (κ3) is 18.5. The van der Waals surface area contributed by atoms with E-state index in [4.69, 9.17) is 71.1 Å². The molecule has 8 rings (SSSR count). The molecule has 0 aromatic carbocycles. The molecule has 8 aliphatic rings. The van der Waals surface area contributed by atoms with Crippen LogP contribution in [0.4, 0.5) is 0 Å². The maximum absolute atomic E-state index is 12.9. The lowest BCUT2D eigenvalue weighted by atomic mass is 9.93. The largest absolute Gasteiger partial charge is 0.394 e. The van der Waals surface area contributed by atoms with Gasteiger partial charge in [0.2, 0.25) is 23.6 Å². The number of ether oxygens (including phenoxy) is 15. The molecule has 0 radical (unpaired) electrons. The molecule has 45 heteroatoms. The van der Waals surface area contributed by atoms with Gasteiger partial charge in [-0.05, 0) is 0 Å². The second-order valence-electron chi connectivity index (χ2n) is 25.4. The Morgan fingerprint density at radius 3 is 1.00 bits per heavy atom. The highest BCUT2D eigenvalue weighted by Crippen LogP contribution is 2.39. The Hall–Kier alpha value is -3.60. The van der Waals surface area contributed by atoms with Gasteiger partial charge in [-0.1, -0.05) is 0 Å². The van der Waals surface area contributed by atoms with Crippen molar-refractivity contribution < 1.29 is 203 Å². The number of rotatable bonds is 26. The van der Waals surface area contributed by atoms with Crippen molar-refractivity contribution in [1.29, 1.82) is 0 Å². The van der Waals surface area contributed by atoms with Crippen LogP contribution in [0.2, 0.25) is 0 Å². The van der Waals surface area contributed by atoms with E-state index in [-0.39, 0.29) is 0 Å². The van der Waals surface area contributed by atoms with Crippen molar-refractivity contribution in [3.63, 3.8) is 0 Å². The van der Waals surface area contributed by atoms with Crippen LogP contribution in [0.25, 0.3) is 0 Å². The van der Waals surface area contributed by atoms with Gasteiger partial charge in [0.15, 0.2) is 50.3 Å². The molecule has 0 bridgehead atoms. The van der Waals surface area contributed by atoms with Crippen LogP contribution in [0.15, 0.2) is 0 Å². The minimum atomic E-state index is -2.55. The standard InChI is InChI=1S/C56H94N4O41/c1-13(68)57-25-36(79)43(21(9-65)88-49(25)86)96-52-28(60-16(4)71)37(80)44(22(10-66)93-52)98-55-42(85)47(33(76)24(95-55)12-87-53-41(84)46(32(75)20(8-64)91-53)99-54-39(82)38(81)31(74)19(7-63)92-54)100-56-48(101-51-27(59-15(3)70)35(78)30(73)18(6-62)90-51)40(83)45(23(11-67)94-56)97-50-26(58-14(2)69)34(77)29(72)17(5-61)89-50/h17-56,61-67,72-86H,5-12H2,1-4H3,(H,57,68)(H,58,69)(H,59,70)(H,60,71)/t17-,18-,19-,20-,21-,22-,23-,24-,25-,26-,27-,28-,29-,30-,31-,32-,33-,34+,35-,36-,37-,38+,39+,40+,41+,42+,43-,44-,45-,46+,47+,48+,49-,50+,51+,52+,53+,54-,55+,56-/m1/s1. The summed E-state index contributed by atoms with van der Waals surface area (Å²) in [4.78, 5) is 50.2. The Balaban J connectivity index is 1.17. The zero-order valence-electron chi connectivity index (χ0n) is 54.3. The molecule has 0 aliphatic carbocycles. The Kier molecular flexibility index (Phi) is 29.9. The van der Waals surface area contributed by atoms with Crippen molar-refractivity contribution in [3.8, 4) is 0 Å². The molecule has 8 fully saturated rings. The number of nitrogens with one attached hydrogen (secondary N) is 4. The molecule has 101 heavy (non-hydrogen) atoms. The van der Waals surface area contributed by atoms with Gasteiger partial charge in [-0.3, -0.25) is 19.2 Å². The highest BCUT2D eigenvalue weighted by atomic mass is 16.8. The first-order valence-corrected chi connectivity index (χ1v) is 32.1. The Morgan fingerprint density at radius 2 is 0.545 bits per heavy atom. The number of aliphatic hydroxyl groups excluding tert-OH is 22. The number of aliphatic hydroxyl groups is 22. The highest BCUT2D eigenvalue weighted by Gasteiger charge is 2.60. The number of carbonyl (C=O) groups excluding carboxylic acids is 4. The maximum Gasteiger partial charge on any atom is 0.217 e. The van der Waals surface area contributed by atoms with Crippen molar-refractivity contribution in [1.82, 2.24) is 21.3 Å². The van der Waals surface area contributed by atoms with E-state index in [1.165, 1.54) is 0 Å². The SMILES string of the molecule is CC(=O)N[C@@H]1[C@@H](O)[C@H](O[C@@H]2O[C@H](CO)[C@@H](O[C@@H]3O[C@H](CO[C@H]4O[C@H](CO)[C@@H](O)[C@H](O[C@H]5O[C@H](CO)[C@@H](O)[C@H](O)[C@@H]5O)[C@@H]4O)[C@@H](O)[C@H](O[C@H]4O[C@H](CO)[C@@H](O[C@@H]5O[C@H](CO)[C@@H](O)[C@@H](O)[C@H]5NC(C)=O)[C@H](O)[C@@H]4O[C@@H]4O[C@H](CO)[C@@H](O)[C@H](O)[C@H]4NC(C)=O)[C@@H]3O)[C@H](O)[C@H]2NC(C)=O)[C@@H](CO)O[C@H]1O. The summed E-state index contributed by atoms with van der Waals surface area (Å²) in [6, 6.07) is -7.12. The molecule has 0 aromatic heterocycles. The number of hydrogen-bond acceptors (Lipinski definition) is 41. The van der Waals surface area contributed by atoms with E-state index in [0.29, 0.717) is 0 Å². The lowest BCUT2D eigenvalue weighted by molar-refractivity contribution is -0.402. The average molecular weight is 1480 g/mol. The van der Waals surface area contributed by atoms with Crippen molar-refractivity contribution in [2.45, 2.75) is 273 Å². The van der Waals surface area contributed by atoms with Crippen LogP contribution < -0.4 is 21.3 Å². The number of carbonyl (C=O) groups is 4. The van der Waals surface area contributed by atoms with Crippen LogP contribution in [0.5, 0.6) is 0 Å². The number of amides is 4. The lowest BCUT2D eigenvalue weighted by Gasteiger charge is -2.51. The van der Waals surface area contributed by atoms with E-state index in [1.807, 2.05) is 0 Å². The van der Waals surface area contributed by atoms with Gasteiger partial charge in [-0.25, -0.2) is 0 Å². The molecule has 584 valence electrons. The Labute approximate surface area is 572 Å². The fourth-order valence-corrected chi connectivity index (χ4v) is 13.0. The van der Waals surface area contributed by atoms with Gasteiger partial charge in [0, 0.05) is 27.7 Å². The Morgan fingerprint density at radius 1 is 0.257 bits per heavy atom. The normalized spacial score (nSPS) is 48.3. The molecule has 8 aliphatic heterocycles. The highest BCUT2D eigenvalue weighted by molar-refractivity contribution is 5.74. The van der Waals surface area contributed by atoms with Crippen molar-refractivity contribution >= 4 is 23.6 Å². The molecule has 8 saturated heterocycles. The van der Waals surface area contributed by atoms with Gasteiger partial charge in [-0.2, -0.15) is 0 Å². The quantitative estimate of drug-likeness (QED) is 0.0382. The van der Waals surface area contributed by atoms with Gasteiger partial charge < -0.3 is 205 Å². The molecule has 0 saturated carbocycles. The molecular formula is C56H94N4O41. The van der Waals surface area contributed by atoms with E-state index in [1.54, 1.807) is 0 Å². The molecule has 40 atom stereocenters. The predicted molar refractivity (Wildman–Crippen MR) is 311 cm³/mol. The molecule has 0 unspecified atom stereocenters. The van der Waals surface area contributed by atoms with Crippen LogP contribution in [-0.2, 0) is 90.2 Å². The first-order valence-electron chi connectivity index (χ1n) is 32.1. The molecule has 8 heterocycles. The lowest BCUT2D eigenvalue weighted by Crippen LogP contribution is -2.71. The molecular weight excluding hydrogens is 1380 g/mol. The van der Waals surface area contributed by atoms with Crippen LogP contribution in [0.3, 0.4) is 0 Å². The van der Waals surface area contributed by atoms with Crippen LogP contribution >= 0.6 is 0 Å². The smallest absolute Gasteiger partial charge is 0.217 e. The second-order valence-corrected chi connectivity index (χ2v) is 25.4. The molecule has 0 spiro atoms. The summed E-state index contributed by atoms with van der Waals surface area (Å²) in [5, 5.41) is 253. The van der Waals surface area contributed by atoms with E-state index in [2.05, 4.69) is 21.3 Å². The van der Waals surface area contributed by atoms with Crippen molar-refractivity contribution in [2.24, 2.45) is 0 Å². The Bertz CT molecular complexity index is 2640. The van der Waals surface area contributed by atoms with Gasteiger partial charge >= 0.3 is 0 Å². The fourth-order valence-electron chi connectivity index (χ4n) is 13.0. The molecule has 4 amide bonds. The average Bonchev–Trinajstić information content (AvgIpc) is 0.761. The van der Waals surface area contributed by atoms with Crippen LogP contribution in [0, 0.1) is 0 Å². The summed E-state index contributed by atoms with van der Waals surface area (Å²) in [6.45, 7) is -4.65. The molecule has 45 nitrogen and oxygen atoms in total. The summed E-state index contributed by atoms with van der Waals surface area (Å²) in [7, 11) is 0. The van der Waals surface area contributed by atoms with Gasteiger partial charge in [0.05, 0.1) is 52.9 Å². The van der Waals surface area contributed by atoms with E-state index >= 15 is 0 Å². The number of hydrogen-bond donors (Lipinski definition) is 26. The second kappa shape index (κ2) is 36.3. The zero-order chi connectivity index (χ0) is 74.5. The monoisotopic (exact) mass is 1480 g/mol. The van der Waals surface area contributed by atoms with E-state index < -0.39 is 322 Å². The molecule has 26 N–H and O–H groups in total. The minimum Gasteiger partial charge on any atom is -0.394 e. The van der Waals surface area contributed by atoms with Gasteiger partial charge in [-0.15, -0.1) is 0 Å². The summed E-state index contributed by atoms with van der Waals surface area (Å²) in [5.41, 5.74) is 0. The van der Waals surface area contributed by atoms with Crippen LogP contribution in [0.1, 0.15) is 27.7 Å². The van der Waals surface area contributed by atoms with E-state index in [9.17, 15) is 132 Å². The summed E-state index contributed by atoms with van der Waals surface area (Å²) in [6.07, 6.45) is -74.1. The summed E-state index contributed by atoms with van der Waals surface area (Å²) < 4.78 is 88.7. The first kappa shape index (κ1) is 83.0. The predicted octanol–water partition coefficient (Wildman–Crippen LogP) is -17.9. The minimum absolute atomic E-state index is 0.773. The topological polar surface area (TPSA) is 700 Å². The van der Waals surface area contributed by atoms with Crippen LogP contribution in [-0.4, -0.2) is 434 Å². The first-order chi connectivity index (χ1) is 47.8. The van der Waals surface area contributed by atoms with E-state index in [0.717, 1.165) is 27.7 Å². The summed E-state index contributed by atoms with van der Waals surface area (Å²) >= 11 is 0. The maximum atomic E-state index is 12.9. The fraction of sp³-hybridized carbons (Fsp3) is 0.929. The zero-order valence-corrected chi connectivity index (χ0v) is 54.3. The third-order valence-electron chi connectivity index (χ3n) is 18.2. The van der Waals surface area contributed by atoms with Gasteiger partial charge in [0.25, 0.3) is 0 Å². The molecule has 0 aromatic rings. The van der Waals surface area contributed by atoms with Crippen molar-refractivity contribution in [2.75, 3.05) is 52.9 Å². The summed E-state index contributed by atoms with van der Waals surface area (Å²) in [5.74, 6) is -3.44. The van der Waals surface area contributed by atoms with Gasteiger partial charge in [0.1, 0.15) is 195 Å². The van der Waals surface area contributed by atoms with Crippen molar-refractivity contribution in [3.05, 3.63) is 0 Å².